The Hall–Kier alpha value is -3.95. The van der Waals surface area contributed by atoms with Gasteiger partial charge in [-0.25, -0.2) is 9.96 Å². The second-order valence-corrected chi connectivity index (χ2v) is 8.30. The van der Waals surface area contributed by atoms with Crippen LogP contribution in [0.5, 0.6) is 5.75 Å². The molecule has 0 saturated carbocycles. The van der Waals surface area contributed by atoms with Crippen molar-refractivity contribution in [2.75, 3.05) is 17.1 Å². The van der Waals surface area contributed by atoms with Gasteiger partial charge in [-0.15, -0.1) is 0 Å². The van der Waals surface area contributed by atoms with E-state index in [9.17, 15) is 19.7 Å². The molecule has 3 aromatic carbocycles. The van der Waals surface area contributed by atoms with Crippen LogP contribution in [0.15, 0.2) is 72.8 Å². The van der Waals surface area contributed by atoms with Gasteiger partial charge in [-0.2, -0.15) is 0 Å². The summed E-state index contributed by atoms with van der Waals surface area (Å²) in [5, 5.41) is 13.4. The number of amides is 2. The fourth-order valence-corrected chi connectivity index (χ4v) is 4.52. The first-order valence-corrected chi connectivity index (χ1v) is 10.7. The number of hydrogen-bond donors (Lipinski definition) is 0. The highest BCUT2D eigenvalue weighted by molar-refractivity contribution is 6.30. The Labute approximate surface area is 199 Å². The molecule has 0 aromatic heterocycles. The van der Waals surface area contributed by atoms with Crippen molar-refractivity contribution in [3.05, 3.63) is 93.5 Å². The van der Waals surface area contributed by atoms with Crippen molar-refractivity contribution in [3.8, 4) is 5.75 Å². The molecule has 2 aliphatic rings. The lowest BCUT2D eigenvalue weighted by molar-refractivity contribution is -0.384. The van der Waals surface area contributed by atoms with Crippen molar-refractivity contribution < 1.29 is 24.1 Å². The average Bonchev–Trinajstić information content (AvgIpc) is 3.35. The molecule has 0 radical (unpaired) electrons. The minimum Gasteiger partial charge on any atom is -0.497 e. The molecule has 3 atom stereocenters. The highest BCUT2D eigenvalue weighted by Crippen LogP contribution is 2.48. The van der Waals surface area contributed by atoms with E-state index in [1.807, 2.05) is 0 Å². The normalized spacial score (nSPS) is 21.6. The quantitative estimate of drug-likeness (QED) is 0.305. The minimum absolute atomic E-state index is 0.126. The smallest absolute Gasteiger partial charge is 0.269 e. The summed E-state index contributed by atoms with van der Waals surface area (Å²) in [7, 11) is 1.49. The number of hydroxylamine groups is 1. The zero-order chi connectivity index (χ0) is 24.0. The zero-order valence-electron chi connectivity index (χ0n) is 17.8. The number of imide groups is 1. The van der Waals surface area contributed by atoms with Crippen molar-refractivity contribution in [1.29, 1.82) is 0 Å². The number of nitro groups is 1. The number of carbonyl (C=O) groups is 2. The van der Waals surface area contributed by atoms with Gasteiger partial charge in [0.25, 0.3) is 11.6 Å². The van der Waals surface area contributed by atoms with Gasteiger partial charge in [-0.3, -0.25) is 24.5 Å². The summed E-state index contributed by atoms with van der Waals surface area (Å²) in [6.07, 6.45) is -1.10. The SMILES string of the molecule is COc1cccc(N2C(=O)C3ON(c4ccc(Cl)cc4)C(c4cccc([N+](=O)[O-])c4)C3C2=O)c1. The standard InChI is InChI=1S/C24H18ClN3O6/c1-33-19-7-3-5-17(13-19)26-23(29)20-21(14-4-2-6-18(12-14)28(31)32)27(34-22(20)24(26)30)16-10-8-15(25)9-11-16/h2-13,20-22H,1H3. The molecular formula is C24H18ClN3O6. The van der Waals surface area contributed by atoms with E-state index in [0.29, 0.717) is 27.7 Å². The number of hydrogen-bond acceptors (Lipinski definition) is 7. The third-order valence-corrected chi connectivity index (χ3v) is 6.18. The fraction of sp³-hybridized carbons (Fsp3) is 0.167. The predicted octanol–water partition coefficient (Wildman–Crippen LogP) is 4.31. The summed E-state index contributed by atoms with van der Waals surface area (Å²) in [5.74, 6) is -1.41. The lowest BCUT2D eigenvalue weighted by atomic mass is 9.90. The molecule has 172 valence electrons. The fourth-order valence-electron chi connectivity index (χ4n) is 4.39. The van der Waals surface area contributed by atoms with Crippen molar-refractivity contribution >= 4 is 40.5 Å². The number of nitrogens with zero attached hydrogens (tertiary/aromatic N) is 3. The van der Waals surface area contributed by atoms with Gasteiger partial charge in [0.2, 0.25) is 5.91 Å². The number of carbonyl (C=O) groups excluding carboxylic acids is 2. The van der Waals surface area contributed by atoms with Crippen LogP contribution in [0.2, 0.25) is 5.02 Å². The number of benzene rings is 3. The molecular weight excluding hydrogens is 462 g/mol. The van der Waals surface area contributed by atoms with Crippen molar-refractivity contribution in [1.82, 2.24) is 0 Å². The van der Waals surface area contributed by atoms with Crippen LogP contribution in [0, 0.1) is 16.0 Å². The Kier molecular flexibility index (Phi) is 5.43. The summed E-state index contributed by atoms with van der Waals surface area (Å²) >= 11 is 6.02. The lowest BCUT2D eigenvalue weighted by Gasteiger charge is -2.28. The van der Waals surface area contributed by atoms with Gasteiger partial charge in [-0.05, 0) is 42.0 Å². The van der Waals surface area contributed by atoms with E-state index in [0.717, 1.165) is 4.90 Å². The Bertz CT molecular complexity index is 1300. The number of ether oxygens (including phenoxy) is 1. The van der Waals surface area contributed by atoms with Gasteiger partial charge >= 0.3 is 0 Å². The van der Waals surface area contributed by atoms with E-state index in [1.54, 1.807) is 60.7 Å². The summed E-state index contributed by atoms with van der Waals surface area (Å²) in [5.41, 5.74) is 1.27. The maximum absolute atomic E-state index is 13.6. The van der Waals surface area contributed by atoms with Gasteiger partial charge in [-0.1, -0.05) is 29.8 Å². The zero-order valence-corrected chi connectivity index (χ0v) is 18.6. The third kappa shape index (κ3) is 3.55. The number of halogens is 1. The van der Waals surface area contributed by atoms with Crippen molar-refractivity contribution in [3.63, 3.8) is 0 Å². The van der Waals surface area contributed by atoms with E-state index in [2.05, 4.69) is 0 Å². The first-order chi connectivity index (χ1) is 16.4. The van der Waals surface area contributed by atoms with Crippen LogP contribution in [0.25, 0.3) is 0 Å². The molecule has 2 saturated heterocycles. The van der Waals surface area contributed by atoms with Gasteiger partial charge in [0, 0.05) is 23.2 Å². The molecule has 0 N–H and O–H groups in total. The second-order valence-electron chi connectivity index (χ2n) is 7.86. The molecule has 5 rings (SSSR count). The molecule has 0 aliphatic carbocycles. The van der Waals surface area contributed by atoms with Crippen molar-refractivity contribution in [2.24, 2.45) is 5.92 Å². The van der Waals surface area contributed by atoms with Crippen molar-refractivity contribution in [2.45, 2.75) is 12.1 Å². The van der Waals surface area contributed by atoms with Crippen LogP contribution >= 0.6 is 11.6 Å². The molecule has 34 heavy (non-hydrogen) atoms. The second kappa shape index (κ2) is 8.44. The molecule has 0 spiro atoms. The Balaban J connectivity index is 1.60. The van der Waals surface area contributed by atoms with Crippen LogP contribution in [-0.4, -0.2) is 30.0 Å². The lowest BCUT2D eigenvalue weighted by Crippen LogP contribution is -2.37. The largest absolute Gasteiger partial charge is 0.497 e. The number of anilines is 2. The third-order valence-electron chi connectivity index (χ3n) is 5.93. The molecule has 2 aliphatic heterocycles. The Morgan fingerprint density at radius 1 is 0.971 bits per heavy atom. The van der Waals surface area contributed by atoms with Crippen LogP contribution in [-0.2, 0) is 14.4 Å². The van der Waals surface area contributed by atoms with E-state index in [1.165, 1.54) is 24.3 Å². The molecule has 2 fully saturated rings. The van der Waals surface area contributed by atoms with Gasteiger partial charge in [0.05, 0.1) is 29.4 Å². The molecule has 10 heteroatoms. The highest BCUT2D eigenvalue weighted by atomic mass is 35.5. The predicted molar refractivity (Wildman–Crippen MR) is 124 cm³/mol. The molecule has 3 unspecified atom stereocenters. The average molecular weight is 480 g/mol. The first-order valence-electron chi connectivity index (χ1n) is 10.4. The van der Waals surface area contributed by atoms with Crippen LogP contribution in [0.3, 0.4) is 0 Å². The monoisotopic (exact) mass is 479 g/mol. The number of non-ortho nitro benzene ring substituents is 1. The van der Waals surface area contributed by atoms with E-state index < -0.39 is 34.8 Å². The van der Waals surface area contributed by atoms with Gasteiger partial charge < -0.3 is 4.74 Å². The maximum Gasteiger partial charge on any atom is 0.269 e. The Morgan fingerprint density at radius 2 is 1.71 bits per heavy atom. The summed E-state index contributed by atoms with van der Waals surface area (Å²) in [4.78, 5) is 45.0. The maximum atomic E-state index is 13.6. The molecule has 2 amide bonds. The molecule has 0 bridgehead atoms. The minimum atomic E-state index is -1.10. The summed E-state index contributed by atoms with van der Waals surface area (Å²) < 4.78 is 5.23. The summed E-state index contributed by atoms with van der Waals surface area (Å²) in [6, 6.07) is 18.5. The number of nitro benzene ring substituents is 1. The van der Waals surface area contributed by atoms with E-state index in [-0.39, 0.29) is 5.69 Å². The Morgan fingerprint density at radius 3 is 2.41 bits per heavy atom. The topological polar surface area (TPSA) is 102 Å². The number of fused-ring (bicyclic) bond motifs is 1. The molecule has 9 nitrogen and oxygen atoms in total. The van der Waals surface area contributed by atoms with Gasteiger partial charge in [0.15, 0.2) is 6.10 Å². The van der Waals surface area contributed by atoms with Gasteiger partial charge in [0.1, 0.15) is 11.7 Å². The summed E-state index contributed by atoms with van der Waals surface area (Å²) in [6.45, 7) is 0. The highest BCUT2D eigenvalue weighted by Gasteiger charge is 2.60. The van der Waals surface area contributed by atoms with Crippen LogP contribution < -0.4 is 14.7 Å². The van der Waals surface area contributed by atoms with E-state index >= 15 is 0 Å². The molecule has 3 aromatic rings. The molecule has 2 heterocycles. The number of rotatable bonds is 5. The first kappa shape index (κ1) is 21.9. The van der Waals surface area contributed by atoms with Crippen LogP contribution in [0.1, 0.15) is 11.6 Å². The van der Waals surface area contributed by atoms with E-state index in [4.69, 9.17) is 21.2 Å². The van der Waals surface area contributed by atoms with Crippen LogP contribution in [0.4, 0.5) is 17.1 Å². The number of methoxy groups -OCH3 is 1.